The van der Waals surface area contributed by atoms with E-state index < -0.39 is 0 Å². The number of hydrogen-bond donors (Lipinski definition) is 1. The van der Waals surface area contributed by atoms with E-state index in [-0.39, 0.29) is 11.7 Å². The third-order valence-electron chi connectivity index (χ3n) is 3.45. The van der Waals surface area contributed by atoms with Crippen LogP contribution in [0.3, 0.4) is 0 Å². The summed E-state index contributed by atoms with van der Waals surface area (Å²) in [5.74, 6) is 0.762. The van der Waals surface area contributed by atoms with Crippen molar-refractivity contribution in [2.24, 2.45) is 5.92 Å². The van der Waals surface area contributed by atoms with Gasteiger partial charge >= 0.3 is 0 Å². The van der Waals surface area contributed by atoms with Gasteiger partial charge in [0.2, 0.25) is 0 Å². The zero-order valence-corrected chi connectivity index (χ0v) is 11.8. The molecule has 1 aromatic rings. The molecular weight excluding hydrogens is 244 g/mol. The van der Waals surface area contributed by atoms with Gasteiger partial charge in [-0.2, -0.15) is 5.10 Å². The molecule has 0 amide bonds. The van der Waals surface area contributed by atoms with Crippen molar-refractivity contribution in [1.29, 1.82) is 0 Å². The van der Waals surface area contributed by atoms with Gasteiger partial charge < -0.3 is 15.0 Å². The van der Waals surface area contributed by atoms with Crippen LogP contribution in [-0.2, 0) is 6.54 Å². The SMILES string of the molecule is COc1cnn(CCN(C)C)c1C(=O)C1CCNC1. The normalized spacial score (nSPS) is 19.1. The molecule has 0 saturated carbocycles. The Labute approximate surface area is 113 Å². The standard InChI is InChI=1S/C13H22N4O2/c1-16(2)6-7-17-12(11(19-3)9-15-17)13(18)10-4-5-14-8-10/h9-10,14H,4-8H2,1-3H3. The van der Waals surface area contributed by atoms with Crippen molar-refractivity contribution in [3.05, 3.63) is 11.9 Å². The number of methoxy groups -OCH3 is 1. The van der Waals surface area contributed by atoms with Gasteiger partial charge in [0, 0.05) is 19.0 Å². The maximum Gasteiger partial charge on any atom is 0.189 e. The summed E-state index contributed by atoms with van der Waals surface area (Å²) in [5.41, 5.74) is 0.609. The first-order valence-electron chi connectivity index (χ1n) is 6.63. The lowest BCUT2D eigenvalue weighted by Gasteiger charge is -2.14. The number of ether oxygens (including phenoxy) is 1. The molecule has 0 bridgehead atoms. The van der Waals surface area contributed by atoms with Crippen molar-refractivity contribution >= 4 is 5.78 Å². The molecule has 6 heteroatoms. The number of aromatic nitrogens is 2. The third kappa shape index (κ3) is 3.13. The van der Waals surface area contributed by atoms with E-state index in [9.17, 15) is 4.79 Å². The van der Waals surface area contributed by atoms with Gasteiger partial charge in [-0.25, -0.2) is 0 Å². The van der Waals surface area contributed by atoms with Crippen LogP contribution < -0.4 is 10.1 Å². The van der Waals surface area contributed by atoms with Crippen LogP contribution in [0.15, 0.2) is 6.20 Å². The van der Waals surface area contributed by atoms with Crippen LogP contribution in [0.4, 0.5) is 0 Å². The predicted octanol–water partition coefficient (Wildman–Crippen LogP) is 0.246. The second-order valence-corrected chi connectivity index (χ2v) is 5.14. The minimum atomic E-state index is 0.0451. The fraction of sp³-hybridized carbons (Fsp3) is 0.692. The number of carbonyl (C=O) groups is 1. The maximum atomic E-state index is 12.6. The topological polar surface area (TPSA) is 59.4 Å². The highest BCUT2D eigenvalue weighted by molar-refractivity contribution is 5.99. The lowest BCUT2D eigenvalue weighted by Crippen LogP contribution is -2.25. The van der Waals surface area contributed by atoms with E-state index in [4.69, 9.17) is 4.74 Å². The smallest absolute Gasteiger partial charge is 0.189 e. The van der Waals surface area contributed by atoms with Gasteiger partial charge in [0.25, 0.3) is 0 Å². The Balaban J connectivity index is 2.20. The van der Waals surface area contributed by atoms with Gasteiger partial charge in [0.15, 0.2) is 11.5 Å². The van der Waals surface area contributed by atoms with E-state index in [0.717, 1.165) is 26.1 Å². The average molecular weight is 266 g/mol. The number of nitrogens with zero attached hydrogens (tertiary/aromatic N) is 3. The molecule has 2 heterocycles. The summed E-state index contributed by atoms with van der Waals surface area (Å²) in [6.45, 7) is 3.19. The van der Waals surface area contributed by atoms with Crippen LogP contribution >= 0.6 is 0 Å². The Morgan fingerprint density at radius 2 is 2.42 bits per heavy atom. The molecule has 2 rings (SSSR count). The van der Waals surface area contributed by atoms with Crippen molar-refractivity contribution in [3.8, 4) is 5.75 Å². The monoisotopic (exact) mass is 266 g/mol. The summed E-state index contributed by atoms with van der Waals surface area (Å²) in [6.07, 6.45) is 2.52. The van der Waals surface area contributed by atoms with Crippen LogP contribution in [-0.4, -0.2) is 61.3 Å². The van der Waals surface area contributed by atoms with Crippen LogP contribution in [0, 0.1) is 5.92 Å². The molecule has 1 saturated heterocycles. The van der Waals surface area contributed by atoms with Crippen LogP contribution in [0.25, 0.3) is 0 Å². The number of ketones is 1. The summed E-state index contributed by atoms with van der Waals surface area (Å²) in [7, 11) is 5.59. The van der Waals surface area contributed by atoms with E-state index in [1.54, 1.807) is 18.0 Å². The quantitative estimate of drug-likeness (QED) is 0.748. The molecule has 0 aromatic carbocycles. The molecule has 0 radical (unpaired) electrons. The summed E-state index contributed by atoms with van der Waals surface area (Å²) >= 11 is 0. The predicted molar refractivity (Wildman–Crippen MR) is 72.6 cm³/mol. The molecule has 106 valence electrons. The number of rotatable bonds is 6. The molecule has 1 N–H and O–H groups in total. The lowest BCUT2D eigenvalue weighted by atomic mass is 10.0. The highest BCUT2D eigenvalue weighted by atomic mass is 16.5. The van der Waals surface area contributed by atoms with Gasteiger partial charge in [0.05, 0.1) is 19.9 Å². The zero-order valence-electron chi connectivity index (χ0n) is 11.8. The van der Waals surface area contributed by atoms with E-state index in [1.165, 1.54) is 0 Å². The number of nitrogens with one attached hydrogen (secondary N) is 1. The zero-order chi connectivity index (χ0) is 13.8. The van der Waals surface area contributed by atoms with Gasteiger partial charge in [-0.15, -0.1) is 0 Å². The van der Waals surface area contributed by atoms with Crippen LogP contribution in [0.5, 0.6) is 5.75 Å². The molecular formula is C13H22N4O2. The fourth-order valence-electron chi connectivity index (χ4n) is 2.30. The average Bonchev–Trinajstić information content (AvgIpc) is 3.04. The van der Waals surface area contributed by atoms with Gasteiger partial charge in [-0.1, -0.05) is 0 Å². The largest absolute Gasteiger partial charge is 0.493 e. The molecule has 19 heavy (non-hydrogen) atoms. The summed E-state index contributed by atoms with van der Waals surface area (Å²) in [4.78, 5) is 14.6. The van der Waals surface area contributed by atoms with Gasteiger partial charge in [-0.3, -0.25) is 9.48 Å². The first-order valence-corrected chi connectivity index (χ1v) is 6.63. The summed E-state index contributed by atoms with van der Waals surface area (Å²) in [5, 5.41) is 7.50. The van der Waals surface area contributed by atoms with Crippen LogP contribution in [0.1, 0.15) is 16.9 Å². The first kappa shape index (κ1) is 14.0. The second-order valence-electron chi connectivity index (χ2n) is 5.14. The van der Waals surface area contributed by atoms with E-state index in [2.05, 4.69) is 15.3 Å². The second kappa shape index (κ2) is 6.16. The van der Waals surface area contributed by atoms with Gasteiger partial charge in [-0.05, 0) is 27.1 Å². The van der Waals surface area contributed by atoms with Crippen molar-refractivity contribution in [3.63, 3.8) is 0 Å². The summed E-state index contributed by atoms with van der Waals surface area (Å²) in [6, 6.07) is 0. The fourth-order valence-corrected chi connectivity index (χ4v) is 2.30. The lowest BCUT2D eigenvalue weighted by molar-refractivity contribution is 0.0915. The molecule has 6 nitrogen and oxygen atoms in total. The molecule has 0 aliphatic carbocycles. The molecule has 1 fully saturated rings. The van der Waals surface area contributed by atoms with Crippen molar-refractivity contribution in [2.45, 2.75) is 13.0 Å². The highest BCUT2D eigenvalue weighted by Crippen LogP contribution is 2.23. The Kier molecular flexibility index (Phi) is 4.55. The molecule has 1 aromatic heterocycles. The number of Topliss-reactive ketones (excluding diaryl/α,β-unsaturated/α-hetero) is 1. The van der Waals surface area contributed by atoms with Gasteiger partial charge in [0.1, 0.15) is 5.69 Å². The van der Waals surface area contributed by atoms with E-state index >= 15 is 0 Å². The molecule has 1 atom stereocenters. The number of likely N-dealkylation sites (N-methyl/N-ethyl adjacent to an activating group) is 1. The first-order chi connectivity index (χ1) is 9.13. The Morgan fingerprint density at radius 1 is 1.63 bits per heavy atom. The third-order valence-corrected chi connectivity index (χ3v) is 3.45. The molecule has 1 aliphatic rings. The Hall–Kier alpha value is -1.40. The highest BCUT2D eigenvalue weighted by Gasteiger charge is 2.29. The van der Waals surface area contributed by atoms with Crippen molar-refractivity contribution < 1.29 is 9.53 Å². The minimum absolute atomic E-state index is 0.0451. The molecule has 1 aliphatic heterocycles. The Morgan fingerprint density at radius 3 is 3.00 bits per heavy atom. The summed E-state index contributed by atoms with van der Waals surface area (Å²) < 4.78 is 7.04. The van der Waals surface area contributed by atoms with E-state index in [1.807, 2.05) is 14.1 Å². The van der Waals surface area contributed by atoms with Crippen molar-refractivity contribution in [2.75, 3.05) is 40.8 Å². The minimum Gasteiger partial charge on any atom is -0.493 e. The molecule has 0 spiro atoms. The molecule has 1 unspecified atom stereocenters. The number of hydrogen-bond acceptors (Lipinski definition) is 5. The van der Waals surface area contributed by atoms with Crippen LogP contribution in [0.2, 0.25) is 0 Å². The Bertz CT molecular complexity index is 436. The number of carbonyl (C=O) groups excluding carboxylic acids is 1. The van der Waals surface area contributed by atoms with E-state index in [0.29, 0.717) is 18.0 Å². The maximum absolute atomic E-state index is 12.6. The van der Waals surface area contributed by atoms with Crippen molar-refractivity contribution in [1.82, 2.24) is 20.0 Å².